The third kappa shape index (κ3) is 5.21. The van der Waals surface area contributed by atoms with Crippen LogP contribution in [0, 0.1) is 0 Å². The van der Waals surface area contributed by atoms with Crippen LogP contribution >= 0.6 is 0 Å². The van der Waals surface area contributed by atoms with Crippen molar-refractivity contribution in [2.45, 2.75) is 13.3 Å². The number of ether oxygens (including phenoxy) is 1. The lowest BCUT2D eigenvalue weighted by Gasteiger charge is -2.06. The van der Waals surface area contributed by atoms with Crippen molar-refractivity contribution >= 4 is 0 Å². The van der Waals surface area contributed by atoms with E-state index < -0.39 is 12.1 Å². The summed E-state index contributed by atoms with van der Waals surface area (Å²) in [5.74, 6) is -0.407. The molecular formula is C6H7F3O. The Labute approximate surface area is 56.8 Å². The fourth-order valence-corrected chi connectivity index (χ4v) is 0.369. The van der Waals surface area contributed by atoms with E-state index in [1.54, 1.807) is 6.92 Å². The topological polar surface area (TPSA) is 9.23 Å². The van der Waals surface area contributed by atoms with Crippen molar-refractivity contribution in [1.82, 2.24) is 0 Å². The number of rotatable bonds is 2. The summed E-state index contributed by atoms with van der Waals surface area (Å²) in [5.41, 5.74) is 0. The highest BCUT2D eigenvalue weighted by Gasteiger charge is 2.30. The minimum absolute atomic E-state index is 0.407. The second kappa shape index (κ2) is 3.29. The molecule has 0 aromatic carbocycles. The van der Waals surface area contributed by atoms with Crippen molar-refractivity contribution in [3.05, 3.63) is 24.5 Å². The SMILES string of the molecule is C=C(/C=C/C)OC(F)(F)F. The summed E-state index contributed by atoms with van der Waals surface area (Å²) in [6, 6.07) is 0. The number of allylic oxidation sites excluding steroid dienone is 2. The molecule has 0 heterocycles. The molecule has 0 N–H and O–H groups in total. The van der Waals surface area contributed by atoms with Crippen LogP contribution in [0.1, 0.15) is 6.92 Å². The predicted molar refractivity (Wildman–Crippen MR) is 31.1 cm³/mol. The Bertz CT molecular complexity index is 146. The molecule has 0 aromatic rings. The fourth-order valence-electron chi connectivity index (χ4n) is 0.369. The van der Waals surface area contributed by atoms with Crippen molar-refractivity contribution in [1.29, 1.82) is 0 Å². The fraction of sp³-hybridized carbons (Fsp3) is 0.333. The Morgan fingerprint density at radius 3 is 2.30 bits per heavy atom. The highest BCUT2D eigenvalue weighted by Crippen LogP contribution is 2.19. The van der Waals surface area contributed by atoms with Crippen LogP contribution in [0.2, 0.25) is 0 Å². The number of hydrogen-bond acceptors (Lipinski definition) is 1. The molecule has 0 unspecified atom stereocenters. The molecule has 0 atom stereocenters. The average molecular weight is 152 g/mol. The van der Waals surface area contributed by atoms with Crippen LogP contribution in [-0.2, 0) is 4.74 Å². The van der Waals surface area contributed by atoms with Gasteiger partial charge in [-0.3, -0.25) is 0 Å². The molecule has 4 heteroatoms. The zero-order valence-electron chi connectivity index (χ0n) is 5.40. The van der Waals surface area contributed by atoms with E-state index in [0.29, 0.717) is 0 Å². The summed E-state index contributed by atoms with van der Waals surface area (Å²) in [4.78, 5) is 0. The Morgan fingerprint density at radius 1 is 1.50 bits per heavy atom. The van der Waals surface area contributed by atoms with Crippen LogP contribution in [0.4, 0.5) is 13.2 Å². The van der Waals surface area contributed by atoms with Gasteiger partial charge in [-0.15, -0.1) is 13.2 Å². The van der Waals surface area contributed by atoms with E-state index in [-0.39, 0.29) is 0 Å². The van der Waals surface area contributed by atoms with Gasteiger partial charge in [0.1, 0.15) is 5.76 Å². The molecule has 0 radical (unpaired) electrons. The summed E-state index contributed by atoms with van der Waals surface area (Å²) in [5, 5.41) is 0. The van der Waals surface area contributed by atoms with Gasteiger partial charge in [0.05, 0.1) is 0 Å². The highest BCUT2D eigenvalue weighted by atomic mass is 19.4. The zero-order chi connectivity index (χ0) is 8.20. The van der Waals surface area contributed by atoms with Crippen LogP contribution in [0.25, 0.3) is 0 Å². The summed E-state index contributed by atoms with van der Waals surface area (Å²) < 4.78 is 37.3. The average Bonchev–Trinajstić information content (AvgIpc) is 1.59. The van der Waals surface area contributed by atoms with E-state index in [0.717, 1.165) is 6.08 Å². The number of alkyl halides is 3. The molecule has 58 valence electrons. The van der Waals surface area contributed by atoms with Gasteiger partial charge in [0.25, 0.3) is 0 Å². The second-order valence-electron chi connectivity index (χ2n) is 1.51. The van der Waals surface area contributed by atoms with E-state index in [1.165, 1.54) is 6.08 Å². The molecule has 0 saturated heterocycles. The summed E-state index contributed by atoms with van der Waals surface area (Å²) >= 11 is 0. The molecule has 0 aliphatic rings. The first kappa shape index (κ1) is 9.07. The lowest BCUT2D eigenvalue weighted by Crippen LogP contribution is -2.11. The van der Waals surface area contributed by atoms with Gasteiger partial charge in [0.2, 0.25) is 0 Å². The maximum Gasteiger partial charge on any atom is 0.573 e. The number of halogens is 3. The Morgan fingerprint density at radius 2 is 2.00 bits per heavy atom. The smallest absolute Gasteiger partial charge is 0.406 e. The van der Waals surface area contributed by atoms with Crippen LogP contribution < -0.4 is 0 Å². The van der Waals surface area contributed by atoms with Gasteiger partial charge in [-0.1, -0.05) is 12.7 Å². The molecule has 1 nitrogen and oxygen atoms in total. The maximum absolute atomic E-state index is 11.3. The lowest BCUT2D eigenvalue weighted by atomic mass is 10.5. The lowest BCUT2D eigenvalue weighted by molar-refractivity contribution is -0.303. The predicted octanol–water partition coefficient (Wildman–Crippen LogP) is 2.61. The third-order valence-electron chi connectivity index (χ3n) is 0.599. The Balaban J connectivity index is 3.81. The largest absolute Gasteiger partial charge is 0.573 e. The third-order valence-corrected chi connectivity index (χ3v) is 0.599. The molecule has 0 rings (SSSR count). The van der Waals surface area contributed by atoms with Crippen molar-refractivity contribution in [2.75, 3.05) is 0 Å². The summed E-state index contributed by atoms with van der Waals surface area (Å²) in [6.45, 7) is 4.58. The Kier molecular flexibility index (Phi) is 2.99. The molecule has 0 spiro atoms. The first-order chi connectivity index (χ1) is 4.45. The first-order valence-corrected chi connectivity index (χ1v) is 2.53. The van der Waals surface area contributed by atoms with E-state index in [4.69, 9.17) is 0 Å². The molecule has 0 fully saturated rings. The maximum atomic E-state index is 11.3. The quantitative estimate of drug-likeness (QED) is 0.436. The van der Waals surface area contributed by atoms with Gasteiger partial charge in [-0.05, 0) is 13.0 Å². The van der Waals surface area contributed by atoms with E-state index in [2.05, 4.69) is 11.3 Å². The van der Waals surface area contributed by atoms with Gasteiger partial charge in [0, 0.05) is 0 Å². The van der Waals surface area contributed by atoms with Crippen molar-refractivity contribution in [3.8, 4) is 0 Å². The van der Waals surface area contributed by atoms with Crippen LogP contribution in [0.5, 0.6) is 0 Å². The zero-order valence-corrected chi connectivity index (χ0v) is 5.40. The molecule has 0 aliphatic heterocycles. The van der Waals surface area contributed by atoms with Crippen molar-refractivity contribution < 1.29 is 17.9 Å². The van der Waals surface area contributed by atoms with E-state index in [1.807, 2.05) is 0 Å². The summed E-state index contributed by atoms with van der Waals surface area (Å²) in [7, 11) is 0. The van der Waals surface area contributed by atoms with Crippen LogP contribution in [-0.4, -0.2) is 6.36 Å². The molecule has 10 heavy (non-hydrogen) atoms. The highest BCUT2D eigenvalue weighted by molar-refractivity contribution is 5.05. The van der Waals surface area contributed by atoms with E-state index >= 15 is 0 Å². The molecular weight excluding hydrogens is 145 g/mol. The van der Waals surface area contributed by atoms with Gasteiger partial charge in [-0.2, -0.15) is 0 Å². The van der Waals surface area contributed by atoms with Gasteiger partial charge in [-0.25, -0.2) is 0 Å². The van der Waals surface area contributed by atoms with Gasteiger partial charge >= 0.3 is 6.36 Å². The van der Waals surface area contributed by atoms with Crippen LogP contribution in [0.3, 0.4) is 0 Å². The van der Waals surface area contributed by atoms with Crippen molar-refractivity contribution in [3.63, 3.8) is 0 Å². The van der Waals surface area contributed by atoms with E-state index in [9.17, 15) is 13.2 Å². The first-order valence-electron chi connectivity index (χ1n) is 2.53. The van der Waals surface area contributed by atoms with Gasteiger partial charge in [0.15, 0.2) is 0 Å². The number of hydrogen-bond donors (Lipinski definition) is 0. The minimum Gasteiger partial charge on any atom is -0.406 e. The monoisotopic (exact) mass is 152 g/mol. The minimum atomic E-state index is -4.63. The van der Waals surface area contributed by atoms with Crippen LogP contribution in [0.15, 0.2) is 24.5 Å². The molecule has 0 bridgehead atoms. The Hall–Kier alpha value is -0.930. The normalized spacial score (nSPS) is 12.0. The van der Waals surface area contributed by atoms with Crippen molar-refractivity contribution in [2.24, 2.45) is 0 Å². The molecule has 0 saturated carbocycles. The standard InChI is InChI=1S/C6H7F3O/c1-3-4-5(2)10-6(7,8)9/h3-4H,2H2,1H3/b4-3+. The second-order valence-corrected chi connectivity index (χ2v) is 1.51. The molecule has 0 aromatic heterocycles. The summed E-state index contributed by atoms with van der Waals surface area (Å²) in [6.07, 6.45) is -2.09. The van der Waals surface area contributed by atoms with Gasteiger partial charge < -0.3 is 4.74 Å². The molecule has 0 amide bonds. The molecule has 0 aliphatic carbocycles.